The zero-order valence-electron chi connectivity index (χ0n) is 22.6. The van der Waals surface area contributed by atoms with Crippen LogP contribution < -0.4 is 0 Å². The number of nitriles is 1. The molecule has 44 heavy (non-hydrogen) atoms. The Kier molecular flexibility index (Phi) is 7.92. The van der Waals surface area contributed by atoms with Crippen LogP contribution in [-0.2, 0) is 0 Å². The van der Waals surface area contributed by atoms with Gasteiger partial charge in [0.15, 0.2) is 0 Å². The lowest BCUT2D eigenvalue weighted by Gasteiger charge is -2.14. The van der Waals surface area contributed by atoms with Gasteiger partial charge in [0.25, 0.3) is 6.43 Å². The van der Waals surface area contributed by atoms with E-state index in [2.05, 4.69) is 6.07 Å². The third-order valence-electron chi connectivity index (χ3n) is 7.16. The molecule has 0 saturated heterocycles. The lowest BCUT2D eigenvalue weighted by molar-refractivity contribution is 0.0697. The van der Waals surface area contributed by atoms with Crippen LogP contribution in [0.3, 0.4) is 0 Å². The average molecular weight is 625 g/mol. The highest BCUT2D eigenvalue weighted by atomic mass is 35.5. The minimum atomic E-state index is -2.60. The maximum absolute atomic E-state index is 14.8. The van der Waals surface area contributed by atoms with Gasteiger partial charge in [0, 0.05) is 37.6 Å². The fraction of sp³-hybridized carbons (Fsp3) is 0.0286. The summed E-state index contributed by atoms with van der Waals surface area (Å²) in [5.74, 6) is -1.53. The largest absolute Gasteiger partial charge is 0.478 e. The molecule has 0 saturated carbocycles. The number of carboxylic acid groups (broad SMARTS) is 1. The molecule has 0 unspecified atom stereocenters. The van der Waals surface area contributed by atoms with Crippen LogP contribution in [0.5, 0.6) is 0 Å². The second-order valence-corrected chi connectivity index (χ2v) is 11.3. The van der Waals surface area contributed by atoms with Gasteiger partial charge in [0.05, 0.1) is 28.4 Å². The highest BCUT2D eigenvalue weighted by Gasteiger charge is 2.23. The third-order valence-corrected chi connectivity index (χ3v) is 8.52. The molecule has 0 aliphatic carbocycles. The Morgan fingerprint density at radius 3 is 2.30 bits per heavy atom. The van der Waals surface area contributed by atoms with Crippen LogP contribution in [0.2, 0.25) is 5.02 Å². The summed E-state index contributed by atoms with van der Waals surface area (Å²) < 4.78 is 43.3. The normalized spacial score (nSPS) is 11.2. The minimum Gasteiger partial charge on any atom is -0.478 e. The van der Waals surface area contributed by atoms with Crippen molar-refractivity contribution in [2.24, 2.45) is 0 Å². The van der Waals surface area contributed by atoms with Gasteiger partial charge < -0.3 is 5.11 Å². The number of halogens is 4. The first-order valence-corrected chi connectivity index (χ1v) is 14.4. The smallest absolute Gasteiger partial charge is 0.335 e. The van der Waals surface area contributed by atoms with Crippen LogP contribution in [-0.4, -0.2) is 15.0 Å². The number of hydrogen-bond acceptors (Lipinski definition) is 3. The maximum atomic E-state index is 14.8. The Labute approximate surface area is 259 Å². The molecule has 6 aromatic rings. The summed E-state index contributed by atoms with van der Waals surface area (Å²) in [7, 11) is 0. The van der Waals surface area contributed by atoms with Crippen molar-refractivity contribution in [3.05, 3.63) is 137 Å². The van der Waals surface area contributed by atoms with E-state index in [0.717, 1.165) is 11.1 Å². The predicted octanol–water partition coefficient (Wildman–Crippen LogP) is 10.5. The average Bonchev–Trinajstić information content (AvgIpc) is 3.34. The van der Waals surface area contributed by atoms with Gasteiger partial charge in [0.1, 0.15) is 5.82 Å². The lowest BCUT2D eigenvalue weighted by Crippen LogP contribution is -1.96. The minimum absolute atomic E-state index is 0.0611. The third kappa shape index (κ3) is 5.55. The number of carbonyl (C=O) groups is 1. The van der Waals surface area contributed by atoms with Gasteiger partial charge in [-0.05, 0) is 83.7 Å². The predicted molar refractivity (Wildman–Crippen MR) is 168 cm³/mol. The Balaban J connectivity index is 1.62. The molecule has 0 aliphatic rings. The van der Waals surface area contributed by atoms with Crippen molar-refractivity contribution in [3.8, 4) is 39.6 Å². The fourth-order valence-electron chi connectivity index (χ4n) is 5.12. The number of aromatic nitrogens is 1. The molecule has 5 aromatic carbocycles. The van der Waals surface area contributed by atoms with Crippen molar-refractivity contribution < 1.29 is 23.1 Å². The molecule has 6 rings (SSSR count). The summed E-state index contributed by atoms with van der Waals surface area (Å²) in [6, 6.07) is 31.6. The number of alkyl halides is 2. The first-order chi connectivity index (χ1) is 21.2. The van der Waals surface area contributed by atoms with E-state index in [0.29, 0.717) is 43.7 Å². The van der Waals surface area contributed by atoms with Gasteiger partial charge in [-0.1, -0.05) is 60.1 Å². The van der Waals surface area contributed by atoms with E-state index in [9.17, 15) is 28.3 Å². The van der Waals surface area contributed by atoms with Gasteiger partial charge >= 0.3 is 5.97 Å². The van der Waals surface area contributed by atoms with E-state index in [1.165, 1.54) is 48.3 Å². The van der Waals surface area contributed by atoms with Crippen molar-refractivity contribution in [2.45, 2.75) is 11.3 Å². The summed E-state index contributed by atoms with van der Waals surface area (Å²) in [6.45, 7) is 0. The molecule has 9 heteroatoms. The van der Waals surface area contributed by atoms with E-state index in [-0.39, 0.29) is 16.1 Å². The highest BCUT2D eigenvalue weighted by Crippen LogP contribution is 2.46. The molecule has 4 nitrogen and oxygen atoms in total. The number of carboxylic acids is 1. The molecule has 0 radical (unpaired) electrons. The number of hydrogen-bond donors (Lipinski definition) is 1. The van der Waals surface area contributed by atoms with Gasteiger partial charge in [-0.3, -0.25) is 3.97 Å². The van der Waals surface area contributed by atoms with Gasteiger partial charge in [0.2, 0.25) is 0 Å². The number of benzene rings is 5. The topological polar surface area (TPSA) is 66.0 Å². The van der Waals surface area contributed by atoms with Crippen molar-refractivity contribution in [1.29, 1.82) is 5.26 Å². The zero-order valence-corrected chi connectivity index (χ0v) is 24.2. The quantitative estimate of drug-likeness (QED) is 0.192. The SMILES string of the molecule is N#Cc1cccc(-c2c(-c3cccc(-c4ccc(C(=O)O)cc4Cl)c3)n(Sc3ccc(C(F)F)cc3)c3ccc(F)cc23)c1. The molecule has 1 aromatic heterocycles. The Bertz CT molecular complexity index is 2100. The molecule has 0 fully saturated rings. The second-order valence-electron chi connectivity index (χ2n) is 9.91. The molecule has 0 spiro atoms. The van der Waals surface area contributed by atoms with Crippen molar-refractivity contribution >= 4 is 40.4 Å². The highest BCUT2D eigenvalue weighted by molar-refractivity contribution is 7.98. The number of aromatic carboxylic acids is 1. The molecular formula is C35H20ClF3N2O2S. The number of fused-ring (bicyclic) bond motifs is 1. The van der Waals surface area contributed by atoms with E-state index in [4.69, 9.17) is 11.6 Å². The summed E-state index contributed by atoms with van der Waals surface area (Å²) in [6.07, 6.45) is -2.60. The molecular weight excluding hydrogens is 605 g/mol. The summed E-state index contributed by atoms with van der Waals surface area (Å²) in [4.78, 5) is 12.1. The molecule has 216 valence electrons. The molecule has 1 heterocycles. The second kappa shape index (κ2) is 12.0. The molecule has 0 aliphatic heterocycles. The van der Waals surface area contributed by atoms with Crippen LogP contribution >= 0.6 is 23.5 Å². The standard InChI is InChI=1S/C35H20ClF3N2O2S/c36-30-17-25(35(42)43)9-13-28(30)22-4-2-6-24(16-22)33-32(23-5-1-3-20(15-23)19-40)29-18-26(37)10-14-31(29)41(33)44-27-11-7-21(8-12-27)34(38)39/h1-18,34H,(H,42,43). The Morgan fingerprint density at radius 1 is 0.864 bits per heavy atom. The van der Waals surface area contributed by atoms with E-state index in [1.54, 1.807) is 42.5 Å². The first kappa shape index (κ1) is 29.1. The summed E-state index contributed by atoms with van der Waals surface area (Å²) >= 11 is 7.82. The lowest BCUT2D eigenvalue weighted by atomic mass is 9.95. The Morgan fingerprint density at radius 2 is 1.59 bits per heavy atom. The van der Waals surface area contributed by atoms with Crippen LogP contribution in [0.4, 0.5) is 13.2 Å². The van der Waals surface area contributed by atoms with E-state index < -0.39 is 18.2 Å². The summed E-state index contributed by atoms with van der Waals surface area (Å²) in [5.41, 5.74) is 5.19. The van der Waals surface area contributed by atoms with Crippen LogP contribution in [0.15, 0.2) is 114 Å². The molecule has 1 N–H and O–H groups in total. The monoisotopic (exact) mass is 624 g/mol. The fourth-order valence-corrected chi connectivity index (χ4v) is 6.43. The number of rotatable bonds is 7. The molecule has 0 amide bonds. The van der Waals surface area contributed by atoms with Crippen LogP contribution in [0.25, 0.3) is 44.4 Å². The van der Waals surface area contributed by atoms with Gasteiger partial charge in [-0.15, -0.1) is 0 Å². The number of nitrogens with zero attached hydrogens (tertiary/aromatic N) is 2. The van der Waals surface area contributed by atoms with Crippen molar-refractivity contribution in [2.75, 3.05) is 0 Å². The Hall–Kier alpha value is -4.97. The van der Waals surface area contributed by atoms with Gasteiger partial charge in [-0.25, -0.2) is 18.0 Å². The first-order valence-electron chi connectivity index (χ1n) is 13.3. The van der Waals surface area contributed by atoms with Crippen molar-refractivity contribution in [3.63, 3.8) is 0 Å². The van der Waals surface area contributed by atoms with E-state index >= 15 is 0 Å². The zero-order chi connectivity index (χ0) is 31.0. The maximum Gasteiger partial charge on any atom is 0.335 e. The molecule has 0 bridgehead atoms. The molecule has 0 atom stereocenters. The van der Waals surface area contributed by atoms with Crippen molar-refractivity contribution in [1.82, 2.24) is 3.97 Å². The van der Waals surface area contributed by atoms with Crippen LogP contribution in [0, 0.1) is 17.1 Å². The van der Waals surface area contributed by atoms with Gasteiger partial charge in [-0.2, -0.15) is 5.26 Å². The van der Waals surface area contributed by atoms with E-state index in [1.807, 2.05) is 34.3 Å². The van der Waals surface area contributed by atoms with Crippen LogP contribution in [0.1, 0.15) is 27.9 Å². The summed E-state index contributed by atoms with van der Waals surface area (Å²) in [5, 5.41) is 19.9.